The zero-order valence-corrected chi connectivity index (χ0v) is 13.2. The van der Waals surface area contributed by atoms with Crippen LogP contribution in [0.1, 0.15) is 50.7 Å². The molecular weight excluding hydrogens is 258 g/mol. The van der Waals surface area contributed by atoms with Crippen molar-refractivity contribution in [3.05, 3.63) is 59.7 Å². The molecule has 0 aliphatic rings. The van der Waals surface area contributed by atoms with Gasteiger partial charge in [0, 0.05) is 24.4 Å². The Hall–Kier alpha value is -1.74. The first kappa shape index (κ1) is 15.6. The largest absolute Gasteiger partial charge is 0.328 e. The zero-order valence-electron chi connectivity index (χ0n) is 13.2. The van der Waals surface area contributed by atoms with Crippen molar-refractivity contribution < 1.29 is 0 Å². The normalized spacial score (nSPS) is 13.1. The summed E-state index contributed by atoms with van der Waals surface area (Å²) in [6.07, 6.45) is 4.61. The summed E-state index contributed by atoms with van der Waals surface area (Å²) < 4.78 is 0. The molecule has 0 spiro atoms. The van der Waals surface area contributed by atoms with Gasteiger partial charge in [-0.15, -0.1) is 0 Å². The molecule has 21 heavy (non-hydrogen) atoms. The van der Waals surface area contributed by atoms with Gasteiger partial charge in [-0.3, -0.25) is 0 Å². The summed E-state index contributed by atoms with van der Waals surface area (Å²) in [4.78, 5) is 9.40. The first-order valence-corrected chi connectivity index (χ1v) is 7.76. The summed E-state index contributed by atoms with van der Waals surface area (Å²) in [6, 6.07) is 12.6. The van der Waals surface area contributed by atoms with Crippen LogP contribution in [0.3, 0.4) is 0 Å². The molecule has 0 radical (unpaired) electrons. The van der Waals surface area contributed by atoms with Crippen LogP contribution in [0.25, 0.3) is 0 Å². The predicted molar refractivity (Wildman–Crippen MR) is 87.2 cm³/mol. The molecule has 2 aromatic rings. The van der Waals surface area contributed by atoms with Crippen LogP contribution >= 0.6 is 0 Å². The van der Waals surface area contributed by atoms with E-state index in [1.807, 2.05) is 25.3 Å². The highest BCUT2D eigenvalue weighted by atomic mass is 14.9. The van der Waals surface area contributed by atoms with Crippen molar-refractivity contribution in [3.8, 4) is 0 Å². The number of rotatable bonds is 6. The molecule has 1 aromatic carbocycles. The molecule has 1 heterocycles. The van der Waals surface area contributed by atoms with E-state index in [4.69, 9.17) is 10.7 Å². The number of hydrogen-bond donors (Lipinski definition) is 1. The highest BCUT2D eigenvalue weighted by molar-refractivity contribution is 5.33. The van der Waals surface area contributed by atoms with E-state index in [9.17, 15) is 0 Å². The minimum atomic E-state index is -0.116. The third-order valence-corrected chi connectivity index (χ3v) is 4.21. The van der Waals surface area contributed by atoms with Crippen LogP contribution < -0.4 is 5.73 Å². The highest BCUT2D eigenvalue weighted by Gasteiger charge is 2.33. The molecule has 0 saturated carbocycles. The van der Waals surface area contributed by atoms with E-state index < -0.39 is 0 Å². The molecule has 3 nitrogen and oxygen atoms in total. The lowest BCUT2D eigenvalue weighted by atomic mass is 9.75. The minimum absolute atomic E-state index is 0.113. The number of nitrogens with two attached hydrogens (primary N) is 1. The third kappa shape index (κ3) is 3.30. The lowest BCUT2D eigenvalue weighted by molar-refractivity contribution is 0.446. The molecule has 3 heteroatoms. The maximum Gasteiger partial charge on any atom is 0.139 e. The third-order valence-electron chi connectivity index (χ3n) is 4.21. The maximum absolute atomic E-state index is 5.90. The van der Waals surface area contributed by atoms with Gasteiger partial charge in [0.2, 0.25) is 0 Å². The molecule has 2 N–H and O–H groups in total. The van der Waals surface area contributed by atoms with Gasteiger partial charge in [-0.25, -0.2) is 9.97 Å². The Morgan fingerprint density at radius 1 is 1.10 bits per heavy atom. The van der Waals surface area contributed by atoms with Crippen molar-refractivity contribution >= 4 is 0 Å². The van der Waals surface area contributed by atoms with Gasteiger partial charge < -0.3 is 5.73 Å². The fourth-order valence-electron chi connectivity index (χ4n) is 2.93. The van der Waals surface area contributed by atoms with Crippen LogP contribution in [0.2, 0.25) is 0 Å². The molecule has 1 aromatic heterocycles. The summed E-state index contributed by atoms with van der Waals surface area (Å²) in [7, 11) is 0. The van der Waals surface area contributed by atoms with Crippen molar-refractivity contribution in [2.45, 2.75) is 51.5 Å². The lowest BCUT2D eigenvalue weighted by Gasteiger charge is -2.31. The van der Waals surface area contributed by atoms with Crippen LogP contribution in [0.4, 0.5) is 0 Å². The number of benzene rings is 1. The van der Waals surface area contributed by atoms with E-state index in [1.54, 1.807) is 0 Å². The van der Waals surface area contributed by atoms with E-state index in [1.165, 1.54) is 5.56 Å². The fraction of sp³-hybridized carbons (Fsp3) is 0.444. The van der Waals surface area contributed by atoms with E-state index in [2.05, 4.69) is 43.1 Å². The molecule has 112 valence electrons. The van der Waals surface area contributed by atoms with E-state index >= 15 is 0 Å². The molecule has 1 atom stereocenters. The van der Waals surface area contributed by atoms with Crippen LogP contribution in [-0.2, 0) is 11.8 Å². The number of aromatic nitrogens is 2. The van der Waals surface area contributed by atoms with Crippen molar-refractivity contribution in [2.75, 3.05) is 0 Å². The van der Waals surface area contributed by atoms with Crippen LogP contribution in [0, 0.1) is 0 Å². The Labute approximate surface area is 127 Å². The van der Waals surface area contributed by atoms with Crippen molar-refractivity contribution in [2.24, 2.45) is 5.73 Å². The van der Waals surface area contributed by atoms with Crippen molar-refractivity contribution in [1.29, 1.82) is 0 Å². The molecular formula is C18H25N3. The van der Waals surface area contributed by atoms with Gasteiger partial charge in [-0.05, 0) is 31.4 Å². The van der Waals surface area contributed by atoms with E-state index in [0.717, 1.165) is 30.8 Å². The number of nitrogens with zero attached hydrogens (tertiary/aromatic N) is 2. The Morgan fingerprint density at radius 2 is 1.76 bits per heavy atom. The second-order valence-corrected chi connectivity index (χ2v) is 5.71. The van der Waals surface area contributed by atoms with Gasteiger partial charge in [0.25, 0.3) is 0 Å². The van der Waals surface area contributed by atoms with Gasteiger partial charge in [0.1, 0.15) is 5.82 Å². The Bertz CT molecular complexity index is 560. The van der Waals surface area contributed by atoms with E-state index in [-0.39, 0.29) is 11.5 Å². The molecule has 0 fully saturated rings. The van der Waals surface area contributed by atoms with E-state index in [0.29, 0.717) is 0 Å². The van der Waals surface area contributed by atoms with Crippen LogP contribution in [0.15, 0.2) is 42.6 Å². The Balaban J connectivity index is 2.48. The molecule has 2 rings (SSSR count). The molecule has 1 unspecified atom stereocenters. The van der Waals surface area contributed by atoms with Gasteiger partial charge in [0.15, 0.2) is 0 Å². The van der Waals surface area contributed by atoms with Gasteiger partial charge in [-0.1, -0.05) is 44.2 Å². The standard InChI is InChI=1S/C18H25N3/c1-4-18(5-2,15-9-7-6-8-10-15)17-20-12-11-16(21-17)13-14(3)19/h6-12,14H,4-5,13,19H2,1-3H3. The average molecular weight is 283 g/mol. The quantitative estimate of drug-likeness (QED) is 0.883. The zero-order chi connectivity index (χ0) is 15.3. The topological polar surface area (TPSA) is 51.8 Å². The van der Waals surface area contributed by atoms with Gasteiger partial charge in [-0.2, -0.15) is 0 Å². The summed E-state index contributed by atoms with van der Waals surface area (Å²) in [5, 5.41) is 0. The Kier molecular flexibility index (Phi) is 5.07. The highest BCUT2D eigenvalue weighted by Crippen LogP contribution is 2.36. The monoisotopic (exact) mass is 283 g/mol. The predicted octanol–water partition coefficient (Wildman–Crippen LogP) is 3.47. The van der Waals surface area contributed by atoms with Gasteiger partial charge >= 0.3 is 0 Å². The molecule has 0 aliphatic carbocycles. The first-order chi connectivity index (χ1) is 10.1. The SMILES string of the molecule is CCC(CC)(c1ccccc1)c1nccc(CC(C)N)n1. The maximum atomic E-state index is 5.90. The van der Waals surface area contributed by atoms with Crippen LogP contribution in [-0.4, -0.2) is 16.0 Å². The first-order valence-electron chi connectivity index (χ1n) is 7.76. The van der Waals surface area contributed by atoms with Crippen molar-refractivity contribution in [3.63, 3.8) is 0 Å². The molecule has 0 amide bonds. The summed E-state index contributed by atoms with van der Waals surface area (Å²) in [6.45, 7) is 6.42. The average Bonchev–Trinajstić information content (AvgIpc) is 2.50. The Morgan fingerprint density at radius 3 is 2.33 bits per heavy atom. The summed E-state index contributed by atoms with van der Waals surface area (Å²) >= 11 is 0. The summed E-state index contributed by atoms with van der Waals surface area (Å²) in [5.74, 6) is 0.914. The lowest BCUT2D eigenvalue weighted by Crippen LogP contribution is -2.29. The molecule has 0 aliphatic heterocycles. The fourth-order valence-corrected chi connectivity index (χ4v) is 2.93. The minimum Gasteiger partial charge on any atom is -0.328 e. The van der Waals surface area contributed by atoms with Crippen molar-refractivity contribution in [1.82, 2.24) is 9.97 Å². The van der Waals surface area contributed by atoms with Crippen LogP contribution in [0.5, 0.6) is 0 Å². The second-order valence-electron chi connectivity index (χ2n) is 5.71. The molecule has 0 bridgehead atoms. The smallest absolute Gasteiger partial charge is 0.139 e. The number of hydrogen-bond acceptors (Lipinski definition) is 3. The van der Waals surface area contributed by atoms with Gasteiger partial charge in [0.05, 0.1) is 5.41 Å². The second kappa shape index (κ2) is 6.81. The summed E-state index contributed by atoms with van der Waals surface area (Å²) in [5.41, 5.74) is 8.09. The molecule has 0 saturated heterocycles.